The minimum atomic E-state index is -1.07. The first kappa shape index (κ1) is 9.19. The summed E-state index contributed by atoms with van der Waals surface area (Å²) in [5.74, 6) is 0. The highest BCUT2D eigenvalue weighted by atomic mass is 19.1. The quantitative estimate of drug-likeness (QED) is 0.741. The van der Waals surface area contributed by atoms with E-state index in [-0.39, 0.29) is 6.54 Å². The Balaban J connectivity index is 2.63. The van der Waals surface area contributed by atoms with Gasteiger partial charge >= 0.3 is 0 Å². The molecule has 12 heavy (non-hydrogen) atoms. The molecule has 1 rings (SSSR count). The van der Waals surface area contributed by atoms with Crippen LogP contribution in [0.2, 0.25) is 0 Å². The van der Waals surface area contributed by atoms with E-state index in [0.29, 0.717) is 5.56 Å². The van der Waals surface area contributed by atoms with Crippen molar-refractivity contribution in [3.8, 4) is 0 Å². The lowest BCUT2D eigenvalue weighted by Crippen LogP contribution is -2.06. The third-order valence-corrected chi connectivity index (χ3v) is 1.67. The average Bonchev–Trinajstić information content (AvgIpc) is 2.52. The van der Waals surface area contributed by atoms with Crippen molar-refractivity contribution < 1.29 is 4.39 Å². The third kappa shape index (κ3) is 2.04. The second-order valence-electron chi connectivity index (χ2n) is 2.74. The predicted octanol–water partition coefficient (Wildman–Crippen LogP) is 1.26. The number of aromatic nitrogens is 2. The largest absolute Gasteiger partial charge is 0.327 e. The maximum Gasteiger partial charge on any atom is 0.140 e. The van der Waals surface area contributed by atoms with Gasteiger partial charge in [-0.25, -0.2) is 4.39 Å². The van der Waals surface area contributed by atoms with E-state index in [1.165, 1.54) is 6.20 Å². The Bertz CT molecular complexity index is 234. The van der Waals surface area contributed by atoms with Gasteiger partial charge in [-0.05, 0) is 6.42 Å². The van der Waals surface area contributed by atoms with Crippen LogP contribution in [0.25, 0.3) is 0 Å². The summed E-state index contributed by atoms with van der Waals surface area (Å²) in [6, 6.07) is 0. The molecule has 68 valence electrons. The molecule has 1 heterocycles. The third-order valence-electron chi connectivity index (χ3n) is 1.67. The second-order valence-corrected chi connectivity index (χ2v) is 2.74. The first-order valence-electron chi connectivity index (χ1n) is 4.14. The summed E-state index contributed by atoms with van der Waals surface area (Å²) in [6.07, 6.45) is 3.17. The van der Waals surface area contributed by atoms with E-state index in [1.807, 2.05) is 0 Å². The number of halogens is 1. The van der Waals surface area contributed by atoms with E-state index in [0.717, 1.165) is 13.0 Å². The molecule has 1 aromatic rings. The number of hydrogen-bond acceptors (Lipinski definition) is 2. The maximum atomic E-state index is 12.9. The normalized spacial score (nSPS) is 13.2. The van der Waals surface area contributed by atoms with Gasteiger partial charge in [-0.2, -0.15) is 5.10 Å². The van der Waals surface area contributed by atoms with Gasteiger partial charge in [-0.3, -0.25) is 4.68 Å². The lowest BCUT2D eigenvalue weighted by atomic mass is 10.2. The molecule has 1 aromatic heterocycles. The van der Waals surface area contributed by atoms with Gasteiger partial charge < -0.3 is 5.73 Å². The van der Waals surface area contributed by atoms with Crippen molar-refractivity contribution in [3.63, 3.8) is 0 Å². The molecule has 0 aromatic carbocycles. The summed E-state index contributed by atoms with van der Waals surface area (Å²) in [7, 11) is 0. The Hall–Kier alpha value is -0.900. The smallest absolute Gasteiger partial charge is 0.140 e. The molecule has 1 unspecified atom stereocenters. The van der Waals surface area contributed by atoms with Crippen LogP contribution >= 0.6 is 0 Å². The summed E-state index contributed by atoms with van der Waals surface area (Å²) in [5.41, 5.74) is 5.75. The standard InChI is InChI=1S/C8H14FN3/c1-2-3-12-6-7(5-11-12)8(9)4-10/h5-6,8H,2-4,10H2,1H3. The number of alkyl halides is 1. The van der Waals surface area contributed by atoms with Crippen molar-refractivity contribution in [1.29, 1.82) is 0 Å². The molecule has 0 aliphatic heterocycles. The highest BCUT2D eigenvalue weighted by Crippen LogP contribution is 2.14. The van der Waals surface area contributed by atoms with Crippen LogP contribution in [-0.2, 0) is 6.54 Å². The van der Waals surface area contributed by atoms with Gasteiger partial charge in [0.25, 0.3) is 0 Å². The van der Waals surface area contributed by atoms with Crippen LogP contribution in [0, 0.1) is 0 Å². The zero-order valence-corrected chi connectivity index (χ0v) is 7.20. The SMILES string of the molecule is CCCn1cc(C(F)CN)cn1. The molecule has 0 saturated heterocycles. The molecule has 1 atom stereocenters. The number of rotatable bonds is 4. The van der Waals surface area contributed by atoms with E-state index in [9.17, 15) is 4.39 Å². The number of hydrogen-bond donors (Lipinski definition) is 1. The van der Waals surface area contributed by atoms with Crippen LogP contribution in [0.3, 0.4) is 0 Å². The second kappa shape index (κ2) is 4.21. The fourth-order valence-corrected chi connectivity index (χ4v) is 1.03. The van der Waals surface area contributed by atoms with Gasteiger partial charge in [0.15, 0.2) is 0 Å². The lowest BCUT2D eigenvalue weighted by Gasteiger charge is -1.99. The minimum Gasteiger partial charge on any atom is -0.327 e. The molecule has 0 radical (unpaired) electrons. The number of nitrogens with zero attached hydrogens (tertiary/aromatic N) is 2. The summed E-state index contributed by atoms with van der Waals surface area (Å²) >= 11 is 0. The molecule has 4 heteroatoms. The Morgan fingerprint density at radius 2 is 2.50 bits per heavy atom. The van der Waals surface area contributed by atoms with E-state index in [2.05, 4.69) is 12.0 Å². The zero-order valence-electron chi connectivity index (χ0n) is 7.20. The van der Waals surface area contributed by atoms with Crippen molar-refractivity contribution in [2.45, 2.75) is 26.1 Å². The Kier molecular flexibility index (Phi) is 3.22. The molecule has 0 aliphatic rings. The van der Waals surface area contributed by atoms with E-state index >= 15 is 0 Å². The molecule has 0 fully saturated rings. The van der Waals surface area contributed by atoms with Gasteiger partial charge in [0.2, 0.25) is 0 Å². The summed E-state index contributed by atoms with van der Waals surface area (Å²) in [6.45, 7) is 2.91. The van der Waals surface area contributed by atoms with Crippen molar-refractivity contribution in [1.82, 2.24) is 9.78 Å². The van der Waals surface area contributed by atoms with Crippen LogP contribution in [-0.4, -0.2) is 16.3 Å². The molecule has 0 saturated carbocycles. The monoisotopic (exact) mass is 171 g/mol. The predicted molar refractivity (Wildman–Crippen MR) is 45.4 cm³/mol. The fraction of sp³-hybridized carbons (Fsp3) is 0.625. The molecule has 3 nitrogen and oxygen atoms in total. The highest BCUT2D eigenvalue weighted by Gasteiger charge is 2.08. The van der Waals surface area contributed by atoms with E-state index < -0.39 is 6.17 Å². The summed E-state index contributed by atoms with van der Waals surface area (Å²) in [4.78, 5) is 0. The first-order valence-corrected chi connectivity index (χ1v) is 4.14. The molecule has 0 bridgehead atoms. The summed E-state index contributed by atoms with van der Waals surface area (Å²) < 4.78 is 14.7. The maximum absolute atomic E-state index is 12.9. The lowest BCUT2D eigenvalue weighted by molar-refractivity contribution is 0.352. The Labute approximate surface area is 71.4 Å². The molecule has 0 spiro atoms. The topological polar surface area (TPSA) is 43.8 Å². The molecular weight excluding hydrogens is 157 g/mol. The first-order chi connectivity index (χ1) is 5.77. The van der Waals surface area contributed by atoms with Crippen LogP contribution < -0.4 is 5.73 Å². The minimum absolute atomic E-state index is 0.0256. The molecule has 0 amide bonds. The average molecular weight is 171 g/mol. The van der Waals surface area contributed by atoms with Crippen LogP contribution in [0.4, 0.5) is 4.39 Å². The summed E-state index contributed by atoms with van der Waals surface area (Å²) in [5, 5.41) is 4.00. The van der Waals surface area contributed by atoms with Crippen LogP contribution in [0.1, 0.15) is 25.1 Å². The fourth-order valence-electron chi connectivity index (χ4n) is 1.03. The van der Waals surface area contributed by atoms with E-state index in [4.69, 9.17) is 5.73 Å². The molecular formula is C8H14FN3. The van der Waals surface area contributed by atoms with Gasteiger partial charge in [0, 0.05) is 24.8 Å². The Morgan fingerprint density at radius 3 is 3.08 bits per heavy atom. The molecule has 2 N–H and O–H groups in total. The number of nitrogens with two attached hydrogens (primary N) is 1. The van der Waals surface area contributed by atoms with Gasteiger partial charge in [0.05, 0.1) is 6.20 Å². The van der Waals surface area contributed by atoms with Gasteiger partial charge in [0.1, 0.15) is 6.17 Å². The zero-order chi connectivity index (χ0) is 8.97. The van der Waals surface area contributed by atoms with Crippen LogP contribution in [0.15, 0.2) is 12.4 Å². The van der Waals surface area contributed by atoms with Gasteiger partial charge in [-0.1, -0.05) is 6.92 Å². The molecule has 0 aliphatic carbocycles. The van der Waals surface area contributed by atoms with Crippen molar-refractivity contribution in [3.05, 3.63) is 18.0 Å². The van der Waals surface area contributed by atoms with Crippen molar-refractivity contribution in [2.75, 3.05) is 6.54 Å². The Morgan fingerprint density at radius 1 is 1.75 bits per heavy atom. The number of aryl methyl sites for hydroxylation is 1. The highest BCUT2D eigenvalue weighted by molar-refractivity contribution is 5.08. The van der Waals surface area contributed by atoms with Crippen LogP contribution in [0.5, 0.6) is 0 Å². The van der Waals surface area contributed by atoms with E-state index in [1.54, 1.807) is 10.9 Å². The van der Waals surface area contributed by atoms with Crippen molar-refractivity contribution >= 4 is 0 Å². The van der Waals surface area contributed by atoms with Crippen molar-refractivity contribution in [2.24, 2.45) is 5.73 Å². The van der Waals surface area contributed by atoms with Gasteiger partial charge in [-0.15, -0.1) is 0 Å².